The number of hydrogen-bond donors (Lipinski definition) is 3. The van der Waals surface area contributed by atoms with Crippen molar-refractivity contribution >= 4 is 5.91 Å². The van der Waals surface area contributed by atoms with Gasteiger partial charge < -0.3 is 16.2 Å². The maximum Gasteiger partial charge on any atom is 0.239 e. The Morgan fingerprint density at radius 1 is 1.38 bits per heavy atom. The van der Waals surface area contributed by atoms with Gasteiger partial charge in [-0.25, -0.2) is 0 Å². The molecule has 4 nitrogen and oxygen atoms in total. The number of carbonyl (C=O) groups is 1. The summed E-state index contributed by atoms with van der Waals surface area (Å²) in [7, 11) is 0. The Kier molecular flexibility index (Phi) is 7.34. The van der Waals surface area contributed by atoms with E-state index < -0.39 is 5.54 Å². The lowest BCUT2D eigenvalue weighted by Crippen LogP contribution is -2.52. The van der Waals surface area contributed by atoms with Crippen LogP contribution >= 0.6 is 0 Å². The molecule has 0 heterocycles. The number of carbonyl (C=O) groups excluding carboxylic acids is 1. The molecule has 96 valence electrons. The summed E-state index contributed by atoms with van der Waals surface area (Å²) in [6.45, 7) is 6.75. The lowest BCUT2D eigenvalue weighted by molar-refractivity contribution is -0.126. The SMILES string of the molecule is CC(C)CNC(=O)C(C)(N)CCCCCO. The number of aliphatic hydroxyl groups is 1. The van der Waals surface area contributed by atoms with Gasteiger partial charge in [-0.1, -0.05) is 26.7 Å². The van der Waals surface area contributed by atoms with E-state index >= 15 is 0 Å². The third kappa shape index (κ3) is 6.80. The smallest absolute Gasteiger partial charge is 0.239 e. The molecule has 16 heavy (non-hydrogen) atoms. The summed E-state index contributed by atoms with van der Waals surface area (Å²) >= 11 is 0. The second-order valence-corrected chi connectivity index (χ2v) is 5.06. The highest BCUT2D eigenvalue weighted by Gasteiger charge is 2.27. The first-order chi connectivity index (χ1) is 7.40. The van der Waals surface area contributed by atoms with Crippen LogP contribution in [0.4, 0.5) is 0 Å². The molecule has 0 aromatic carbocycles. The molecule has 0 aromatic heterocycles. The van der Waals surface area contributed by atoms with Gasteiger partial charge in [-0.2, -0.15) is 0 Å². The van der Waals surface area contributed by atoms with E-state index in [1.54, 1.807) is 6.92 Å². The predicted molar refractivity (Wildman–Crippen MR) is 66.0 cm³/mol. The summed E-state index contributed by atoms with van der Waals surface area (Å²) in [4.78, 5) is 11.7. The topological polar surface area (TPSA) is 75.4 Å². The van der Waals surface area contributed by atoms with Crippen LogP contribution < -0.4 is 11.1 Å². The van der Waals surface area contributed by atoms with Crippen LogP contribution in [0.15, 0.2) is 0 Å². The second-order valence-electron chi connectivity index (χ2n) is 5.06. The van der Waals surface area contributed by atoms with Gasteiger partial charge in [-0.3, -0.25) is 4.79 Å². The molecule has 0 spiro atoms. The molecule has 0 saturated carbocycles. The fraction of sp³-hybridized carbons (Fsp3) is 0.917. The number of unbranched alkanes of at least 4 members (excludes halogenated alkanes) is 2. The number of amides is 1. The van der Waals surface area contributed by atoms with E-state index in [4.69, 9.17) is 10.8 Å². The minimum absolute atomic E-state index is 0.0785. The van der Waals surface area contributed by atoms with E-state index in [2.05, 4.69) is 19.2 Å². The first kappa shape index (κ1) is 15.4. The quantitative estimate of drug-likeness (QED) is 0.545. The molecule has 0 radical (unpaired) electrons. The minimum Gasteiger partial charge on any atom is -0.396 e. The third-order valence-corrected chi connectivity index (χ3v) is 2.54. The van der Waals surface area contributed by atoms with Crippen LogP contribution in [-0.2, 0) is 4.79 Å². The summed E-state index contributed by atoms with van der Waals surface area (Å²) in [5.74, 6) is 0.360. The zero-order valence-corrected chi connectivity index (χ0v) is 10.8. The molecule has 0 aliphatic carbocycles. The number of nitrogens with one attached hydrogen (secondary N) is 1. The maximum absolute atomic E-state index is 11.7. The monoisotopic (exact) mass is 230 g/mol. The summed E-state index contributed by atoms with van der Waals surface area (Å²) < 4.78 is 0. The van der Waals surface area contributed by atoms with Crippen molar-refractivity contribution in [3.05, 3.63) is 0 Å². The maximum atomic E-state index is 11.7. The van der Waals surface area contributed by atoms with Gasteiger partial charge in [0.15, 0.2) is 0 Å². The highest BCUT2D eigenvalue weighted by molar-refractivity contribution is 5.85. The lowest BCUT2D eigenvalue weighted by Gasteiger charge is -2.24. The van der Waals surface area contributed by atoms with Crippen molar-refractivity contribution in [1.29, 1.82) is 0 Å². The Morgan fingerprint density at radius 2 is 2.00 bits per heavy atom. The van der Waals surface area contributed by atoms with Gasteiger partial charge in [0.05, 0.1) is 5.54 Å². The van der Waals surface area contributed by atoms with Crippen molar-refractivity contribution in [3.63, 3.8) is 0 Å². The van der Waals surface area contributed by atoms with E-state index in [9.17, 15) is 4.79 Å². The molecule has 4 N–H and O–H groups in total. The Balaban J connectivity index is 3.86. The molecule has 0 aromatic rings. The molecule has 4 heteroatoms. The van der Waals surface area contributed by atoms with E-state index in [0.29, 0.717) is 18.9 Å². The van der Waals surface area contributed by atoms with Gasteiger partial charge in [0, 0.05) is 13.2 Å². The van der Waals surface area contributed by atoms with Crippen molar-refractivity contribution in [2.24, 2.45) is 11.7 Å². The van der Waals surface area contributed by atoms with Gasteiger partial charge in [-0.05, 0) is 25.7 Å². The Labute approximate surface area is 98.6 Å². The standard InChI is InChI=1S/C12H26N2O2/c1-10(2)9-14-11(16)12(3,13)7-5-4-6-8-15/h10,15H,4-9,13H2,1-3H3,(H,14,16). The molecule has 1 unspecified atom stereocenters. The normalized spacial score (nSPS) is 14.9. The molecular weight excluding hydrogens is 204 g/mol. The summed E-state index contributed by atoms with van der Waals surface area (Å²) in [6, 6.07) is 0. The first-order valence-electron chi connectivity index (χ1n) is 6.08. The van der Waals surface area contributed by atoms with Crippen molar-refractivity contribution in [1.82, 2.24) is 5.32 Å². The van der Waals surface area contributed by atoms with Gasteiger partial charge in [0.2, 0.25) is 5.91 Å². The van der Waals surface area contributed by atoms with Crippen LogP contribution in [-0.4, -0.2) is 29.7 Å². The van der Waals surface area contributed by atoms with Crippen molar-refractivity contribution < 1.29 is 9.90 Å². The van der Waals surface area contributed by atoms with Gasteiger partial charge >= 0.3 is 0 Å². The summed E-state index contributed by atoms with van der Waals surface area (Å²) in [5.41, 5.74) is 5.17. The molecule has 1 atom stereocenters. The van der Waals surface area contributed by atoms with E-state index in [1.807, 2.05) is 0 Å². The minimum atomic E-state index is -0.787. The Bertz CT molecular complexity index is 203. The summed E-state index contributed by atoms with van der Waals surface area (Å²) in [5, 5.41) is 11.5. The van der Waals surface area contributed by atoms with E-state index in [-0.39, 0.29) is 12.5 Å². The average molecular weight is 230 g/mol. The average Bonchev–Trinajstić information content (AvgIpc) is 2.20. The number of rotatable bonds is 8. The van der Waals surface area contributed by atoms with E-state index in [1.165, 1.54) is 0 Å². The molecule has 0 saturated heterocycles. The van der Waals surface area contributed by atoms with Crippen LogP contribution in [0.25, 0.3) is 0 Å². The van der Waals surface area contributed by atoms with Crippen molar-refractivity contribution in [2.75, 3.05) is 13.2 Å². The van der Waals surface area contributed by atoms with Gasteiger partial charge in [-0.15, -0.1) is 0 Å². The molecule has 0 rings (SSSR count). The molecule has 0 fully saturated rings. The van der Waals surface area contributed by atoms with Crippen LogP contribution in [0.5, 0.6) is 0 Å². The van der Waals surface area contributed by atoms with Crippen LogP contribution in [0, 0.1) is 5.92 Å². The van der Waals surface area contributed by atoms with Crippen LogP contribution in [0.2, 0.25) is 0 Å². The fourth-order valence-electron chi connectivity index (χ4n) is 1.39. The highest BCUT2D eigenvalue weighted by atomic mass is 16.2. The van der Waals surface area contributed by atoms with E-state index in [0.717, 1.165) is 19.3 Å². The fourth-order valence-corrected chi connectivity index (χ4v) is 1.39. The highest BCUT2D eigenvalue weighted by Crippen LogP contribution is 2.12. The Morgan fingerprint density at radius 3 is 2.50 bits per heavy atom. The molecule has 1 amide bonds. The molecule has 0 bridgehead atoms. The number of aliphatic hydroxyl groups excluding tert-OH is 1. The zero-order valence-electron chi connectivity index (χ0n) is 10.8. The largest absolute Gasteiger partial charge is 0.396 e. The number of nitrogens with two attached hydrogens (primary N) is 1. The van der Waals surface area contributed by atoms with Crippen molar-refractivity contribution in [2.45, 2.75) is 52.0 Å². The molecular formula is C12H26N2O2. The summed E-state index contributed by atoms with van der Waals surface area (Å²) in [6.07, 6.45) is 3.24. The molecule has 0 aliphatic heterocycles. The van der Waals surface area contributed by atoms with Crippen molar-refractivity contribution in [3.8, 4) is 0 Å². The first-order valence-corrected chi connectivity index (χ1v) is 6.08. The van der Waals surface area contributed by atoms with Crippen LogP contribution in [0.3, 0.4) is 0 Å². The van der Waals surface area contributed by atoms with Crippen LogP contribution in [0.1, 0.15) is 46.5 Å². The second kappa shape index (κ2) is 7.63. The van der Waals surface area contributed by atoms with Gasteiger partial charge in [0.1, 0.15) is 0 Å². The Hall–Kier alpha value is -0.610. The third-order valence-electron chi connectivity index (χ3n) is 2.54. The zero-order chi connectivity index (χ0) is 12.6. The molecule has 0 aliphatic rings. The number of hydrogen-bond acceptors (Lipinski definition) is 3. The predicted octanol–water partition coefficient (Wildman–Crippen LogP) is 1.03. The van der Waals surface area contributed by atoms with Gasteiger partial charge in [0.25, 0.3) is 0 Å². The lowest BCUT2D eigenvalue weighted by atomic mass is 9.94.